The third kappa shape index (κ3) is 4.55. The number of thiazole rings is 1. The zero-order valence-corrected chi connectivity index (χ0v) is 15.0. The quantitative estimate of drug-likeness (QED) is 0.588. The molecule has 26 heavy (non-hydrogen) atoms. The molecular formula is C14H13N5O5S2. The van der Waals surface area contributed by atoms with Crippen molar-refractivity contribution in [2.45, 2.75) is 6.42 Å². The van der Waals surface area contributed by atoms with Gasteiger partial charge < -0.3 is 15.2 Å². The number of nitrogens with zero attached hydrogens (tertiary/aromatic N) is 3. The van der Waals surface area contributed by atoms with E-state index in [4.69, 9.17) is 9.92 Å². The standard InChI is InChI=1S/C14H13N5O5S2/c1-26(21,22)23-9-4-2-3-8(5-9)6-11(20)17-14-16-10(7-25-14)12-13(15)19-24-18-12/h2-5,7H,6H2,1H3,(H2,15,19)(H,16,17,20). The summed E-state index contributed by atoms with van der Waals surface area (Å²) < 4.78 is 31.6. The van der Waals surface area contributed by atoms with E-state index in [1.165, 1.54) is 23.5 Å². The number of hydrogen-bond donors (Lipinski definition) is 2. The number of nitrogens with one attached hydrogen (secondary N) is 1. The minimum Gasteiger partial charge on any atom is -0.383 e. The Kier molecular flexibility index (Phi) is 4.86. The van der Waals surface area contributed by atoms with Crippen LogP contribution in [-0.4, -0.2) is 35.9 Å². The van der Waals surface area contributed by atoms with Gasteiger partial charge in [0.2, 0.25) is 5.91 Å². The van der Waals surface area contributed by atoms with Crippen LogP contribution in [0.15, 0.2) is 34.3 Å². The molecule has 0 aliphatic heterocycles. The van der Waals surface area contributed by atoms with Crippen LogP contribution in [-0.2, 0) is 21.3 Å². The van der Waals surface area contributed by atoms with Crippen LogP contribution < -0.4 is 15.2 Å². The number of carbonyl (C=O) groups is 1. The smallest absolute Gasteiger partial charge is 0.306 e. The molecule has 0 saturated carbocycles. The molecule has 1 aromatic carbocycles. The average Bonchev–Trinajstić information content (AvgIpc) is 3.14. The zero-order valence-electron chi connectivity index (χ0n) is 13.4. The minimum absolute atomic E-state index is 0.0174. The molecule has 0 aliphatic carbocycles. The van der Waals surface area contributed by atoms with Crippen LogP contribution in [0.1, 0.15) is 5.56 Å². The lowest BCUT2D eigenvalue weighted by molar-refractivity contribution is -0.115. The molecule has 10 nitrogen and oxygen atoms in total. The number of nitrogen functional groups attached to an aromatic ring is 1. The maximum Gasteiger partial charge on any atom is 0.306 e. The summed E-state index contributed by atoms with van der Waals surface area (Å²) in [5.74, 6) is -0.0761. The highest BCUT2D eigenvalue weighted by molar-refractivity contribution is 7.86. The van der Waals surface area contributed by atoms with Crippen molar-refractivity contribution in [3.8, 4) is 17.1 Å². The summed E-state index contributed by atoms with van der Waals surface area (Å²) in [6, 6.07) is 6.26. The lowest BCUT2D eigenvalue weighted by Crippen LogP contribution is -2.14. The number of rotatable bonds is 6. The summed E-state index contributed by atoms with van der Waals surface area (Å²) in [4.78, 5) is 16.4. The predicted molar refractivity (Wildman–Crippen MR) is 94.1 cm³/mol. The molecule has 0 fully saturated rings. The molecule has 0 radical (unpaired) electrons. The Morgan fingerprint density at radius 1 is 1.38 bits per heavy atom. The van der Waals surface area contributed by atoms with Crippen molar-refractivity contribution in [1.29, 1.82) is 0 Å². The lowest BCUT2D eigenvalue weighted by Gasteiger charge is -2.06. The van der Waals surface area contributed by atoms with Crippen LogP contribution in [0.25, 0.3) is 11.4 Å². The second-order valence-corrected chi connectivity index (χ2v) is 7.63. The van der Waals surface area contributed by atoms with Crippen molar-refractivity contribution in [3.63, 3.8) is 0 Å². The van der Waals surface area contributed by atoms with E-state index in [0.717, 1.165) is 6.26 Å². The van der Waals surface area contributed by atoms with Gasteiger partial charge in [-0.1, -0.05) is 12.1 Å². The second kappa shape index (κ2) is 7.09. The van der Waals surface area contributed by atoms with Gasteiger partial charge in [-0.25, -0.2) is 9.61 Å². The van der Waals surface area contributed by atoms with Gasteiger partial charge in [0, 0.05) is 5.38 Å². The van der Waals surface area contributed by atoms with Crippen LogP contribution in [0.5, 0.6) is 5.75 Å². The molecule has 3 aromatic rings. The summed E-state index contributed by atoms with van der Waals surface area (Å²) in [6.45, 7) is 0. The lowest BCUT2D eigenvalue weighted by atomic mass is 10.1. The molecule has 2 aromatic heterocycles. The molecule has 0 bridgehead atoms. The Labute approximate surface area is 152 Å². The van der Waals surface area contributed by atoms with E-state index in [9.17, 15) is 13.2 Å². The number of aromatic nitrogens is 3. The summed E-state index contributed by atoms with van der Waals surface area (Å²) in [7, 11) is -3.63. The van der Waals surface area contributed by atoms with Gasteiger partial charge in [-0.2, -0.15) is 8.42 Å². The first-order chi connectivity index (χ1) is 12.3. The average molecular weight is 395 g/mol. The van der Waals surface area contributed by atoms with Gasteiger partial charge in [-0.3, -0.25) is 4.79 Å². The van der Waals surface area contributed by atoms with Crippen LogP contribution in [0.2, 0.25) is 0 Å². The molecule has 12 heteroatoms. The third-order valence-electron chi connectivity index (χ3n) is 3.02. The van der Waals surface area contributed by atoms with Gasteiger partial charge >= 0.3 is 10.1 Å². The van der Waals surface area contributed by atoms with E-state index in [-0.39, 0.29) is 23.9 Å². The number of amides is 1. The molecule has 2 heterocycles. The Hall–Kier alpha value is -2.99. The number of anilines is 2. The molecule has 0 atom stereocenters. The fourth-order valence-electron chi connectivity index (χ4n) is 2.04. The second-order valence-electron chi connectivity index (χ2n) is 5.20. The first-order valence-corrected chi connectivity index (χ1v) is 9.82. The fraction of sp³-hybridized carbons (Fsp3) is 0.143. The number of carbonyl (C=O) groups excluding carboxylic acids is 1. The predicted octanol–water partition coefficient (Wildman–Crippen LogP) is 1.29. The largest absolute Gasteiger partial charge is 0.383 e. The van der Waals surface area contributed by atoms with Gasteiger partial charge in [-0.05, 0) is 28.0 Å². The number of hydrogen-bond acceptors (Lipinski definition) is 10. The van der Waals surface area contributed by atoms with E-state index in [2.05, 4.69) is 25.2 Å². The minimum atomic E-state index is -3.63. The van der Waals surface area contributed by atoms with Crippen molar-refractivity contribution < 1.29 is 22.0 Å². The molecule has 136 valence electrons. The maximum absolute atomic E-state index is 12.2. The molecule has 0 spiro atoms. The molecular weight excluding hydrogens is 382 g/mol. The van der Waals surface area contributed by atoms with Crippen molar-refractivity contribution in [1.82, 2.24) is 15.3 Å². The van der Waals surface area contributed by atoms with Crippen LogP contribution >= 0.6 is 11.3 Å². The van der Waals surface area contributed by atoms with Gasteiger partial charge in [0.15, 0.2) is 16.6 Å². The highest BCUT2D eigenvalue weighted by atomic mass is 32.2. The summed E-state index contributed by atoms with van der Waals surface area (Å²) >= 11 is 1.19. The van der Waals surface area contributed by atoms with Crippen molar-refractivity contribution in [2.75, 3.05) is 17.3 Å². The first-order valence-electron chi connectivity index (χ1n) is 7.12. The van der Waals surface area contributed by atoms with Crippen LogP contribution in [0.4, 0.5) is 10.9 Å². The van der Waals surface area contributed by atoms with E-state index in [0.29, 0.717) is 22.1 Å². The molecule has 3 N–H and O–H groups in total. The monoisotopic (exact) mass is 395 g/mol. The number of nitrogens with two attached hydrogens (primary N) is 1. The summed E-state index contributed by atoms with van der Waals surface area (Å²) in [5, 5.41) is 11.8. The highest BCUT2D eigenvalue weighted by Gasteiger charge is 2.15. The fourth-order valence-corrected chi connectivity index (χ4v) is 3.21. The third-order valence-corrected chi connectivity index (χ3v) is 4.27. The Bertz CT molecular complexity index is 1040. The molecule has 3 rings (SSSR count). The van der Waals surface area contributed by atoms with Gasteiger partial charge in [-0.15, -0.1) is 11.3 Å². The summed E-state index contributed by atoms with van der Waals surface area (Å²) in [6.07, 6.45) is 0.965. The van der Waals surface area contributed by atoms with E-state index < -0.39 is 10.1 Å². The Morgan fingerprint density at radius 2 is 2.19 bits per heavy atom. The molecule has 0 aliphatic rings. The van der Waals surface area contributed by atoms with Gasteiger partial charge in [0.1, 0.15) is 11.4 Å². The normalized spacial score (nSPS) is 11.3. The van der Waals surface area contributed by atoms with Crippen LogP contribution in [0.3, 0.4) is 0 Å². The maximum atomic E-state index is 12.2. The van der Waals surface area contributed by atoms with Crippen molar-refractivity contribution in [2.24, 2.45) is 0 Å². The van der Waals surface area contributed by atoms with E-state index in [1.54, 1.807) is 17.5 Å². The highest BCUT2D eigenvalue weighted by Crippen LogP contribution is 2.26. The Balaban J connectivity index is 1.65. The topological polar surface area (TPSA) is 150 Å². The first kappa shape index (κ1) is 17.8. The van der Waals surface area contributed by atoms with Crippen molar-refractivity contribution >= 4 is 38.3 Å². The summed E-state index contributed by atoms with van der Waals surface area (Å²) in [5.41, 5.74) is 6.92. The zero-order chi connectivity index (χ0) is 18.7. The molecule has 0 unspecified atom stereocenters. The van der Waals surface area contributed by atoms with Crippen LogP contribution in [0, 0.1) is 0 Å². The SMILES string of the molecule is CS(=O)(=O)Oc1cccc(CC(=O)Nc2nc(-c3nonc3N)cs2)c1. The van der Waals surface area contributed by atoms with Gasteiger partial charge in [0.05, 0.1) is 12.7 Å². The van der Waals surface area contributed by atoms with E-state index >= 15 is 0 Å². The van der Waals surface area contributed by atoms with E-state index in [1.807, 2.05) is 0 Å². The molecule has 1 amide bonds. The Morgan fingerprint density at radius 3 is 2.88 bits per heavy atom. The van der Waals surface area contributed by atoms with Gasteiger partial charge in [0.25, 0.3) is 0 Å². The molecule has 0 saturated heterocycles. The van der Waals surface area contributed by atoms with Crippen molar-refractivity contribution in [3.05, 3.63) is 35.2 Å². The number of benzene rings is 1.